The Kier molecular flexibility index (Phi) is 3.81. The molecule has 0 spiro atoms. The molecule has 112 valence electrons. The third-order valence-corrected chi connectivity index (χ3v) is 6.63. The normalized spacial score (nSPS) is 16.1. The maximum Gasteiger partial charge on any atom is 0.227 e. The molecule has 0 atom stereocenters. The van der Waals surface area contributed by atoms with E-state index in [-0.39, 0.29) is 14.9 Å². The van der Waals surface area contributed by atoms with Crippen molar-refractivity contribution in [2.24, 2.45) is 0 Å². The second-order valence-corrected chi connectivity index (χ2v) is 8.00. The molecule has 0 radical (unpaired) electrons. The van der Waals surface area contributed by atoms with Crippen molar-refractivity contribution in [1.29, 1.82) is 0 Å². The van der Waals surface area contributed by atoms with Crippen molar-refractivity contribution in [1.82, 2.24) is 9.97 Å². The minimum Gasteiger partial charge on any atom is -0.382 e. The van der Waals surface area contributed by atoms with Crippen LogP contribution in [0.25, 0.3) is 0 Å². The summed E-state index contributed by atoms with van der Waals surface area (Å²) in [5, 5.41) is 1.71. The fraction of sp³-hybridized carbons (Fsp3) is 0.385. The number of thiophene rings is 1. The van der Waals surface area contributed by atoms with Crippen molar-refractivity contribution < 1.29 is 8.42 Å². The molecule has 1 aliphatic heterocycles. The number of aromatic nitrogens is 2. The average Bonchev–Trinajstić information content (AvgIpc) is 3.03. The molecule has 1 aliphatic rings. The van der Waals surface area contributed by atoms with E-state index in [0.717, 1.165) is 37.3 Å². The van der Waals surface area contributed by atoms with Crippen LogP contribution in [0.1, 0.15) is 19.3 Å². The zero-order valence-electron chi connectivity index (χ0n) is 11.4. The number of hydrogen-bond acceptors (Lipinski definition) is 7. The third kappa shape index (κ3) is 2.73. The van der Waals surface area contributed by atoms with Crippen LogP contribution in [0.3, 0.4) is 0 Å². The molecule has 0 unspecified atom stereocenters. The van der Waals surface area contributed by atoms with Gasteiger partial charge in [0.2, 0.25) is 15.8 Å². The summed E-state index contributed by atoms with van der Waals surface area (Å²) >= 11 is 1.16. The highest BCUT2D eigenvalue weighted by Gasteiger charge is 2.24. The monoisotopic (exact) mass is 324 g/mol. The zero-order valence-corrected chi connectivity index (χ0v) is 13.0. The molecule has 1 saturated heterocycles. The van der Waals surface area contributed by atoms with E-state index in [1.54, 1.807) is 17.5 Å². The van der Waals surface area contributed by atoms with Crippen molar-refractivity contribution in [3.05, 3.63) is 23.7 Å². The van der Waals surface area contributed by atoms with Gasteiger partial charge in [-0.15, -0.1) is 11.3 Å². The first-order valence-corrected chi connectivity index (χ1v) is 9.11. The van der Waals surface area contributed by atoms with Gasteiger partial charge < -0.3 is 10.6 Å². The molecular formula is C13H16N4O2S2. The highest BCUT2D eigenvalue weighted by molar-refractivity contribution is 7.93. The zero-order chi connectivity index (χ0) is 14.9. The van der Waals surface area contributed by atoms with E-state index in [0.29, 0.717) is 5.95 Å². The fourth-order valence-electron chi connectivity index (χ4n) is 2.35. The molecule has 2 aromatic rings. The maximum atomic E-state index is 12.4. The number of nitrogens with zero attached hydrogens (tertiary/aromatic N) is 3. The van der Waals surface area contributed by atoms with Crippen LogP contribution in [0.2, 0.25) is 0 Å². The van der Waals surface area contributed by atoms with E-state index in [1.165, 1.54) is 12.6 Å². The quantitative estimate of drug-likeness (QED) is 0.928. The van der Waals surface area contributed by atoms with Crippen LogP contribution in [0, 0.1) is 0 Å². The molecule has 0 bridgehead atoms. The first-order valence-electron chi connectivity index (χ1n) is 6.75. The molecule has 21 heavy (non-hydrogen) atoms. The van der Waals surface area contributed by atoms with Crippen LogP contribution in [0.5, 0.6) is 0 Å². The summed E-state index contributed by atoms with van der Waals surface area (Å²) in [5.74, 6) is 0.524. The molecule has 3 heterocycles. The van der Waals surface area contributed by atoms with Crippen LogP contribution >= 0.6 is 11.3 Å². The molecule has 2 aromatic heterocycles. The standard InChI is InChI=1S/C13H16N4O2S2/c14-12-10(21(18,19)11-5-4-8-20-11)9-15-13(16-12)17-6-2-1-3-7-17/h4-5,8-9H,1-3,6-7H2,(H2,14,15,16). The van der Waals surface area contributed by atoms with Crippen LogP contribution in [-0.4, -0.2) is 31.5 Å². The van der Waals surface area contributed by atoms with Gasteiger partial charge in [-0.25, -0.2) is 13.4 Å². The molecule has 1 fully saturated rings. The van der Waals surface area contributed by atoms with Gasteiger partial charge in [0, 0.05) is 13.1 Å². The van der Waals surface area contributed by atoms with Crippen molar-refractivity contribution in [3.63, 3.8) is 0 Å². The minimum absolute atomic E-state index is 0.0129. The second kappa shape index (κ2) is 5.61. The smallest absolute Gasteiger partial charge is 0.227 e. The van der Waals surface area contributed by atoms with Gasteiger partial charge in [0.05, 0.1) is 6.20 Å². The summed E-state index contributed by atoms with van der Waals surface area (Å²) in [7, 11) is -3.62. The van der Waals surface area contributed by atoms with E-state index >= 15 is 0 Å². The van der Waals surface area contributed by atoms with E-state index in [1.807, 2.05) is 4.90 Å². The Balaban J connectivity index is 1.95. The average molecular weight is 324 g/mol. The van der Waals surface area contributed by atoms with Crippen molar-refractivity contribution >= 4 is 32.9 Å². The lowest BCUT2D eigenvalue weighted by Gasteiger charge is -2.26. The highest BCUT2D eigenvalue weighted by Crippen LogP contribution is 2.28. The van der Waals surface area contributed by atoms with Gasteiger partial charge >= 0.3 is 0 Å². The largest absolute Gasteiger partial charge is 0.382 e. The number of nitrogens with two attached hydrogens (primary N) is 1. The first kappa shape index (κ1) is 14.3. The summed E-state index contributed by atoms with van der Waals surface area (Å²) in [6, 6.07) is 3.24. The lowest BCUT2D eigenvalue weighted by atomic mass is 10.1. The van der Waals surface area contributed by atoms with E-state index in [4.69, 9.17) is 5.73 Å². The van der Waals surface area contributed by atoms with Gasteiger partial charge in [-0.1, -0.05) is 6.07 Å². The van der Waals surface area contributed by atoms with E-state index in [2.05, 4.69) is 9.97 Å². The number of hydrogen-bond donors (Lipinski definition) is 1. The van der Waals surface area contributed by atoms with Crippen molar-refractivity contribution in [2.45, 2.75) is 28.4 Å². The minimum atomic E-state index is -3.62. The molecular weight excluding hydrogens is 308 g/mol. The summed E-state index contributed by atoms with van der Waals surface area (Å²) in [5.41, 5.74) is 5.87. The third-order valence-electron chi connectivity index (χ3n) is 3.46. The number of anilines is 2. The molecule has 2 N–H and O–H groups in total. The fourth-order valence-corrected chi connectivity index (χ4v) is 4.73. The summed E-state index contributed by atoms with van der Waals surface area (Å²) in [6.07, 6.45) is 4.72. The Bertz CT molecular complexity index is 723. The molecule has 8 heteroatoms. The van der Waals surface area contributed by atoms with Crippen LogP contribution in [0.15, 0.2) is 32.8 Å². The van der Waals surface area contributed by atoms with Gasteiger partial charge in [-0.05, 0) is 30.7 Å². The lowest BCUT2D eigenvalue weighted by molar-refractivity contribution is 0.567. The van der Waals surface area contributed by atoms with Gasteiger partial charge in [0.1, 0.15) is 14.9 Å². The Labute approximate surface area is 127 Å². The van der Waals surface area contributed by atoms with Gasteiger partial charge in [-0.2, -0.15) is 4.98 Å². The highest BCUT2D eigenvalue weighted by atomic mass is 32.2. The van der Waals surface area contributed by atoms with Gasteiger partial charge in [0.15, 0.2) is 0 Å². The van der Waals surface area contributed by atoms with Crippen LogP contribution in [-0.2, 0) is 9.84 Å². The Hall–Kier alpha value is -1.67. The topological polar surface area (TPSA) is 89.2 Å². The van der Waals surface area contributed by atoms with E-state index in [9.17, 15) is 8.42 Å². The van der Waals surface area contributed by atoms with Gasteiger partial charge in [0.25, 0.3) is 0 Å². The predicted octanol–water partition coefficient (Wildman–Crippen LogP) is 1.94. The Morgan fingerprint density at radius 1 is 1.24 bits per heavy atom. The predicted molar refractivity (Wildman–Crippen MR) is 82.3 cm³/mol. The summed E-state index contributed by atoms with van der Waals surface area (Å²) in [6.45, 7) is 1.77. The van der Waals surface area contributed by atoms with Crippen LogP contribution < -0.4 is 10.6 Å². The summed E-state index contributed by atoms with van der Waals surface area (Å²) in [4.78, 5) is 10.4. The summed E-state index contributed by atoms with van der Waals surface area (Å²) < 4.78 is 25.1. The molecule has 0 aromatic carbocycles. The Morgan fingerprint density at radius 3 is 2.62 bits per heavy atom. The van der Waals surface area contributed by atoms with E-state index < -0.39 is 9.84 Å². The number of piperidine rings is 1. The molecule has 6 nitrogen and oxygen atoms in total. The molecule has 0 saturated carbocycles. The van der Waals surface area contributed by atoms with Crippen molar-refractivity contribution in [2.75, 3.05) is 23.7 Å². The Morgan fingerprint density at radius 2 is 2.00 bits per heavy atom. The SMILES string of the molecule is Nc1nc(N2CCCCC2)ncc1S(=O)(=O)c1cccs1. The number of rotatable bonds is 3. The molecule has 3 rings (SSSR count). The maximum absolute atomic E-state index is 12.4. The number of nitrogen functional groups attached to an aromatic ring is 1. The molecule has 0 aliphatic carbocycles. The first-order chi connectivity index (χ1) is 10.1. The lowest BCUT2D eigenvalue weighted by Crippen LogP contribution is -2.31. The second-order valence-electron chi connectivity index (χ2n) is 4.90. The molecule has 0 amide bonds. The van der Waals surface area contributed by atoms with Gasteiger partial charge in [-0.3, -0.25) is 0 Å². The number of sulfone groups is 1. The van der Waals surface area contributed by atoms with Crippen molar-refractivity contribution in [3.8, 4) is 0 Å². The van der Waals surface area contributed by atoms with Crippen LogP contribution in [0.4, 0.5) is 11.8 Å².